The number of aliphatic hydroxyl groups is 2. The molecule has 0 bridgehead atoms. The summed E-state index contributed by atoms with van der Waals surface area (Å²) in [7, 11) is 0. The van der Waals surface area contributed by atoms with E-state index >= 15 is 0 Å². The Kier molecular flexibility index (Phi) is 19.6. The van der Waals surface area contributed by atoms with Crippen LogP contribution in [0.15, 0.2) is 182 Å². The number of nitrogens with one attached hydrogen (secondary N) is 1. The fourth-order valence-corrected chi connectivity index (χ4v) is 8.17. The highest BCUT2D eigenvalue weighted by Gasteiger charge is 2.56. The highest BCUT2D eigenvalue weighted by Crippen LogP contribution is 2.35. The quantitative estimate of drug-likeness (QED) is 0.0408. The van der Waals surface area contributed by atoms with Crippen molar-refractivity contribution >= 4 is 35.9 Å². The molecule has 400 valence electrons. The van der Waals surface area contributed by atoms with Crippen molar-refractivity contribution in [3.05, 3.63) is 215 Å². The second-order valence-electron chi connectivity index (χ2n) is 17.5. The minimum absolute atomic E-state index is 0.0279. The first-order valence-electron chi connectivity index (χ1n) is 24.6. The number of hydrogen-bond donors (Lipinski definition) is 3. The molecular weight excluding hydrogens is 999 g/mol. The number of benzene rings is 6. The van der Waals surface area contributed by atoms with E-state index in [0.717, 1.165) is 5.56 Å². The van der Waals surface area contributed by atoms with E-state index in [0.29, 0.717) is 0 Å². The molecule has 2 heterocycles. The number of rotatable bonds is 21. The SMILES string of the molecule is O=C(NCCCO[C@@H]1O[C@@H](COC(=O)c2ccccc2)[C@@H](O[C@@H]2OC(COC(=O)c3ccccc3)[C@H](O)[C@H](O)C2OC(=O)c2ccccc2)C(OC(=O)c2ccccc2)C1OC(=O)c1ccccc1)OCc1ccccc1. The average molecular weight is 1050 g/mol. The van der Waals surface area contributed by atoms with Crippen LogP contribution >= 0.6 is 0 Å². The minimum Gasteiger partial charge on any atom is -0.459 e. The van der Waals surface area contributed by atoms with E-state index < -0.39 is 111 Å². The van der Waals surface area contributed by atoms with Crippen LogP contribution in [0.1, 0.15) is 63.8 Å². The zero-order chi connectivity index (χ0) is 53.9. The second kappa shape index (κ2) is 27.5. The maximum Gasteiger partial charge on any atom is 0.407 e. The second-order valence-corrected chi connectivity index (χ2v) is 17.5. The molecule has 0 saturated carbocycles. The van der Waals surface area contributed by atoms with E-state index in [1.54, 1.807) is 103 Å². The molecule has 77 heavy (non-hydrogen) atoms. The lowest BCUT2D eigenvalue weighted by molar-refractivity contribution is -0.357. The highest BCUT2D eigenvalue weighted by molar-refractivity contribution is 5.91. The highest BCUT2D eigenvalue weighted by atomic mass is 16.8. The van der Waals surface area contributed by atoms with Crippen molar-refractivity contribution in [3.63, 3.8) is 0 Å². The van der Waals surface area contributed by atoms with Gasteiger partial charge in [0, 0.05) is 6.54 Å². The minimum atomic E-state index is -2.00. The first kappa shape index (κ1) is 54.9. The third kappa shape index (κ3) is 15.2. The van der Waals surface area contributed by atoms with Crippen LogP contribution in [-0.2, 0) is 54.0 Å². The lowest BCUT2D eigenvalue weighted by atomic mass is 9.96. The van der Waals surface area contributed by atoms with Crippen molar-refractivity contribution in [2.75, 3.05) is 26.4 Å². The molecule has 1 amide bonds. The molecule has 4 unspecified atom stereocenters. The summed E-state index contributed by atoms with van der Waals surface area (Å²) in [5.41, 5.74) is 1.26. The Bertz CT molecular complexity index is 2850. The fraction of sp³-hybridized carbons (Fsp3) is 0.276. The molecule has 0 aliphatic carbocycles. The Hall–Kier alpha value is -8.30. The van der Waals surface area contributed by atoms with E-state index in [4.69, 9.17) is 47.4 Å². The number of hydrogen-bond acceptors (Lipinski definition) is 18. The summed E-state index contributed by atoms with van der Waals surface area (Å²) < 4.78 is 60.8. The Morgan fingerprint density at radius 1 is 0.429 bits per heavy atom. The molecule has 10 atom stereocenters. The molecule has 19 nitrogen and oxygen atoms in total. The molecule has 6 aromatic rings. The molecule has 3 N–H and O–H groups in total. The topological polar surface area (TPSA) is 247 Å². The Balaban J connectivity index is 1.14. The van der Waals surface area contributed by atoms with Crippen LogP contribution in [-0.4, -0.2) is 134 Å². The number of alkyl carbamates (subject to hydrolysis) is 1. The van der Waals surface area contributed by atoms with E-state index in [9.17, 15) is 39.0 Å². The van der Waals surface area contributed by atoms with Crippen molar-refractivity contribution in [1.82, 2.24) is 5.32 Å². The average Bonchev–Trinajstić information content (AvgIpc) is 3.48. The molecule has 8 rings (SSSR count). The first-order valence-corrected chi connectivity index (χ1v) is 24.6. The van der Waals surface area contributed by atoms with E-state index in [2.05, 4.69) is 5.32 Å². The molecule has 2 aliphatic rings. The maximum atomic E-state index is 14.3. The number of amides is 1. The van der Waals surface area contributed by atoms with Gasteiger partial charge in [-0.25, -0.2) is 28.8 Å². The predicted octanol–water partition coefficient (Wildman–Crippen LogP) is 6.27. The Morgan fingerprint density at radius 2 is 0.831 bits per heavy atom. The van der Waals surface area contributed by atoms with Gasteiger partial charge in [0.05, 0.1) is 34.4 Å². The number of carbonyl (C=O) groups is 6. The molecule has 2 saturated heterocycles. The fourth-order valence-electron chi connectivity index (χ4n) is 8.17. The molecule has 2 aliphatic heterocycles. The summed E-state index contributed by atoms with van der Waals surface area (Å²) in [6.45, 7) is -1.44. The van der Waals surface area contributed by atoms with Crippen molar-refractivity contribution in [2.45, 2.75) is 74.4 Å². The number of aliphatic hydroxyl groups excluding tert-OH is 2. The lowest BCUT2D eigenvalue weighted by Gasteiger charge is -2.48. The third-order valence-corrected chi connectivity index (χ3v) is 12.1. The molecule has 0 aromatic heterocycles. The molecule has 19 heteroatoms. The van der Waals surface area contributed by atoms with Crippen LogP contribution in [0.5, 0.6) is 0 Å². The zero-order valence-corrected chi connectivity index (χ0v) is 41.3. The molecule has 0 spiro atoms. The van der Waals surface area contributed by atoms with Gasteiger partial charge in [-0.15, -0.1) is 0 Å². The molecule has 6 aromatic carbocycles. The zero-order valence-electron chi connectivity index (χ0n) is 41.3. The smallest absolute Gasteiger partial charge is 0.407 e. The normalized spacial score (nSPS) is 22.8. The van der Waals surface area contributed by atoms with Gasteiger partial charge >= 0.3 is 35.9 Å². The van der Waals surface area contributed by atoms with E-state index in [1.165, 1.54) is 60.7 Å². The first-order chi connectivity index (χ1) is 37.5. The summed E-state index contributed by atoms with van der Waals surface area (Å²) >= 11 is 0. The summed E-state index contributed by atoms with van der Waals surface area (Å²) in [4.78, 5) is 81.7. The Morgan fingerprint density at radius 3 is 1.31 bits per heavy atom. The maximum absolute atomic E-state index is 14.3. The van der Waals surface area contributed by atoms with Gasteiger partial charge in [-0.2, -0.15) is 0 Å². The van der Waals surface area contributed by atoms with Crippen LogP contribution in [0.3, 0.4) is 0 Å². The van der Waals surface area contributed by atoms with Gasteiger partial charge in [0.2, 0.25) is 0 Å². The predicted molar refractivity (Wildman–Crippen MR) is 270 cm³/mol. The monoisotopic (exact) mass is 1050 g/mol. The summed E-state index contributed by atoms with van der Waals surface area (Å²) in [5, 5.41) is 26.1. The van der Waals surface area contributed by atoms with E-state index in [1.807, 2.05) is 18.2 Å². The van der Waals surface area contributed by atoms with Crippen LogP contribution in [0.25, 0.3) is 0 Å². The van der Waals surface area contributed by atoms with Gasteiger partial charge in [0.15, 0.2) is 30.9 Å². The van der Waals surface area contributed by atoms with Crippen molar-refractivity contribution in [2.24, 2.45) is 0 Å². The van der Waals surface area contributed by atoms with Crippen LogP contribution in [0, 0.1) is 0 Å². The number of carbonyl (C=O) groups excluding carboxylic acids is 6. The van der Waals surface area contributed by atoms with Gasteiger partial charge in [0.1, 0.15) is 50.3 Å². The van der Waals surface area contributed by atoms with Gasteiger partial charge in [-0.05, 0) is 72.6 Å². The standard InChI is InChI=1S/C58H55NO18/c60-45-43(35-69-51(62)38-22-9-2-10-23-38)72-57(48(46(45)61)74-53(64)40-26-13-4-14-27-40)77-47-44(36-70-52(63)39-24-11-3-12-25-39)73-56(68-33-19-32-59-58(67)71-34-37-20-7-1-8-21-37)50(76-55(66)42-30-17-6-18-31-42)49(47)75-54(65)41-28-15-5-16-29-41/h1-18,20-31,43-50,56-57,60-61H,19,32-36H2,(H,59,67)/t43?,44-,45-,46-,47+,48?,49?,50?,56+,57-/m0/s1. The third-order valence-electron chi connectivity index (χ3n) is 12.1. The Labute approximate surface area is 442 Å². The molecular formula is C58H55NO18. The van der Waals surface area contributed by atoms with Crippen molar-refractivity contribution in [1.29, 1.82) is 0 Å². The number of esters is 5. The summed E-state index contributed by atoms with van der Waals surface area (Å²) in [6, 6.07) is 48.3. The lowest BCUT2D eigenvalue weighted by Crippen LogP contribution is -2.66. The van der Waals surface area contributed by atoms with Crippen molar-refractivity contribution in [3.8, 4) is 0 Å². The number of ether oxygens (including phenoxy) is 10. The van der Waals surface area contributed by atoms with Crippen LogP contribution < -0.4 is 5.32 Å². The molecule has 2 fully saturated rings. The van der Waals surface area contributed by atoms with E-state index in [-0.39, 0.29) is 54.0 Å². The van der Waals surface area contributed by atoms with Crippen LogP contribution in [0.2, 0.25) is 0 Å². The summed E-state index contributed by atoms with van der Waals surface area (Å²) in [5.74, 6) is -4.47. The molecule has 0 radical (unpaired) electrons. The van der Waals surface area contributed by atoms with Gasteiger partial charge < -0.3 is 62.9 Å². The van der Waals surface area contributed by atoms with Gasteiger partial charge in [-0.3, -0.25) is 0 Å². The van der Waals surface area contributed by atoms with Crippen molar-refractivity contribution < 1.29 is 86.3 Å². The van der Waals surface area contributed by atoms with Gasteiger partial charge in [-0.1, -0.05) is 121 Å². The largest absolute Gasteiger partial charge is 0.459 e. The summed E-state index contributed by atoms with van der Waals surface area (Å²) in [6.07, 6.45) is -18.3. The van der Waals surface area contributed by atoms with Crippen LogP contribution in [0.4, 0.5) is 4.79 Å². The van der Waals surface area contributed by atoms with Gasteiger partial charge in [0.25, 0.3) is 0 Å².